The lowest BCUT2D eigenvalue weighted by Gasteiger charge is -2.18. The van der Waals surface area contributed by atoms with Gasteiger partial charge in [0.05, 0.1) is 7.11 Å². The lowest BCUT2D eigenvalue weighted by molar-refractivity contribution is 0.417. The van der Waals surface area contributed by atoms with Gasteiger partial charge >= 0.3 is 0 Å². The van der Waals surface area contributed by atoms with Gasteiger partial charge in [-0.2, -0.15) is 0 Å². The highest BCUT2D eigenvalue weighted by Gasteiger charge is 2.11. The summed E-state index contributed by atoms with van der Waals surface area (Å²) in [4.78, 5) is 0. The van der Waals surface area contributed by atoms with Crippen LogP contribution in [0, 0.1) is 0 Å². The van der Waals surface area contributed by atoms with Gasteiger partial charge in [0.25, 0.3) is 0 Å². The Bertz CT molecular complexity index is 320. The predicted molar refractivity (Wildman–Crippen MR) is 57.8 cm³/mol. The molecule has 1 nitrogen and oxygen atoms in total. The van der Waals surface area contributed by atoms with E-state index in [1.165, 1.54) is 42.3 Å². The first-order valence-corrected chi connectivity index (χ1v) is 4.97. The largest absolute Gasteiger partial charge is 0.497 e. The molecule has 0 saturated carbocycles. The number of hydrogen-bond acceptors (Lipinski definition) is 1. The van der Waals surface area contributed by atoms with Gasteiger partial charge in [0, 0.05) is 0 Å². The zero-order valence-electron chi connectivity index (χ0n) is 8.39. The van der Waals surface area contributed by atoms with E-state index < -0.39 is 0 Å². The van der Waals surface area contributed by atoms with E-state index in [0.717, 1.165) is 5.75 Å². The van der Waals surface area contributed by atoms with Crippen molar-refractivity contribution in [2.75, 3.05) is 7.11 Å². The summed E-state index contributed by atoms with van der Waals surface area (Å²) < 4.78 is 5.31. The number of methoxy groups -OCH3 is 1. The third kappa shape index (κ3) is 1.58. The summed E-state index contributed by atoms with van der Waals surface area (Å²) in [5.74, 6) is 1.04. The van der Waals surface area contributed by atoms with E-state index in [0.29, 0.717) is 0 Å². The van der Waals surface area contributed by atoms with Crippen LogP contribution in [-0.4, -0.2) is 15.0 Å². The average Bonchev–Trinajstić information content (AvgIpc) is 2.17. The number of benzene rings is 1. The van der Waals surface area contributed by atoms with Gasteiger partial charge in [-0.15, -0.1) is 0 Å². The Labute approximate surface area is 80.5 Å². The Morgan fingerprint density at radius 3 is 2.38 bits per heavy atom. The number of ether oxygens (including phenoxy) is 1. The fourth-order valence-corrected chi connectivity index (χ4v) is 2.11. The zero-order valence-corrected chi connectivity index (χ0v) is 8.39. The molecule has 13 heavy (non-hydrogen) atoms. The molecule has 0 fully saturated rings. The molecule has 0 aliphatic heterocycles. The molecule has 0 heterocycles. The molecule has 68 valence electrons. The summed E-state index contributed by atoms with van der Waals surface area (Å²) in [6, 6.07) is 4.50. The molecule has 2 rings (SSSR count). The summed E-state index contributed by atoms with van der Waals surface area (Å²) in [5, 5.41) is 0. The highest BCUT2D eigenvalue weighted by Crippen LogP contribution is 2.23. The first kappa shape index (κ1) is 8.67. The molecule has 1 aliphatic rings. The van der Waals surface area contributed by atoms with Crippen molar-refractivity contribution < 1.29 is 4.74 Å². The van der Waals surface area contributed by atoms with Crippen LogP contribution in [0.25, 0.3) is 0 Å². The molecule has 0 bridgehead atoms. The molecule has 0 N–H and O–H groups in total. The van der Waals surface area contributed by atoms with Crippen molar-refractivity contribution in [3.63, 3.8) is 0 Å². The van der Waals surface area contributed by atoms with E-state index >= 15 is 0 Å². The lowest BCUT2D eigenvalue weighted by atomic mass is 9.85. The molecule has 0 spiro atoms. The third-order valence-electron chi connectivity index (χ3n) is 2.86. The van der Waals surface area contributed by atoms with Gasteiger partial charge in [0.2, 0.25) is 0 Å². The number of fused-ring (bicyclic) bond motifs is 1. The number of aryl methyl sites for hydroxylation is 2. The fraction of sp³-hybridized carbons (Fsp3) is 0.455. The molecule has 0 aromatic heterocycles. The average molecular weight is 174 g/mol. The highest BCUT2D eigenvalue weighted by molar-refractivity contribution is 6.34. The molecule has 1 aromatic rings. The van der Waals surface area contributed by atoms with Crippen LogP contribution in [-0.2, 0) is 12.8 Å². The predicted octanol–water partition coefficient (Wildman–Crippen LogP) is 0.832. The molecule has 0 saturated heterocycles. The van der Waals surface area contributed by atoms with Crippen LogP contribution in [0.15, 0.2) is 12.1 Å². The molecule has 1 aromatic carbocycles. The van der Waals surface area contributed by atoms with Gasteiger partial charge < -0.3 is 4.74 Å². The SMILES string of the molecule is Bc1cc2c(cc1OC)CCCC2. The second-order valence-electron chi connectivity index (χ2n) is 3.80. The Hall–Kier alpha value is -0.915. The fourth-order valence-electron chi connectivity index (χ4n) is 2.11. The van der Waals surface area contributed by atoms with Gasteiger partial charge in [0.15, 0.2) is 0 Å². The maximum atomic E-state index is 5.31. The van der Waals surface area contributed by atoms with Crippen molar-refractivity contribution in [3.8, 4) is 5.75 Å². The second kappa shape index (κ2) is 3.45. The Morgan fingerprint density at radius 1 is 1.15 bits per heavy atom. The molecule has 2 heteroatoms. The second-order valence-corrected chi connectivity index (χ2v) is 3.80. The van der Waals surface area contributed by atoms with Gasteiger partial charge in [-0.05, 0) is 48.3 Å². The highest BCUT2D eigenvalue weighted by atomic mass is 16.5. The van der Waals surface area contributed by atoms with Crippen molar-refractivity contribution in [2.24, 2.45) is 0 Å². The Kier molecular flexibility index (Phi) is 2.30. The van der Waals surface area contributed by atoms with Crippen LogP contribution in [0.2, 0.25) is 0 Å². The number of rotatable bonds is 1. The minimum absolute atomic E-state index is 1.04. The quantitative estimate of drug-likeness (QED) is 0.573. The maximum absolute atomic E-state index is 5.31. The van der Waals surface area contributed by atoms with Gasteiger partial charge in [-0.1, -0.05) is 6.07 Å². The van der Waals surface area contributed by atoms with E-state index in [-0.39, 0.29) is 0 Å². The minimum atomic E-state index is 1.04. The van der Waals surface area contributed by atoms with Crippen LogP contribution in [0.5, 0.6) is 5.75 Å². The molecule has 1 aliphatic carbocycles. The number of hydrogen-bond donors (Lipinski definition) is 0. The van der Waals surface area contributed by atoms with Crippen LogP contribution >= 0.6 is 0 Å². The molecule has 0 unspecified atom stereocenters. The van der Waals surface area contributed by atoms with Gasteiger partial charge in [0.1, 0.15) is 13.6 Å². The van der Waals surface area contributed by atoms with Crippen LogP contribution in [0.3, 0.4) is 0 Å². The third-order valence-corrected chi connectivity index (χ3v) is 2.86. The first-order chi connectivity index (χ1) is 6.31. The first-order valence-electron chi connectivity index (χ1n) is 4.97. The summed E-state index contributed by atoms with van der Waals surface area (Å²) >= 11 is 0. The summed E-state index contributed by atoms with van der Waals surface area (Å²) in [6.45, 7) is 0. The molecule has 0 atom stereocenters. The topological polar surface area (TPSA) is 9.23 Å². The molecular formula is C11H15BO. The van der Waals surface area contributed by atoms with Crippen molar-refractivity contribution >= 4 is 13.3 Å². The van der Waals surface area contributed by atoms with Crippen LogP contribution in [0.4, 0.5) is 0 Å². The van der Waals surface area contributed by atoms with Crippen LogP contribution < -0.4 is 10.2 Å². The minimum Gasteiger partial charge on any atom is -0.497 e. The van der Waals surface area contributed by atoms with Crippen molar-refractivity contribution in [2.45, 2.75) is 25.7 Å². The summed E-state index contributed by atoms with van der Waals surface area (Å²) in [6.07, 6.45) is 5.16. The van der Waals surface area contributed by atoms with E-state index in [1.54, 1.807) is 7.11 Å². The van der Waals surface area contributed by atoms with E-state index in [1.807, 2.05) is 0 Å². The molecular weight excluding hydrogens is 159 g/mol. The Balaban J connectivity index is 2.44. The van der Waals surface area contributed by atoms with Crippen LogP contribution in [0.1, 0.15) is 24.0 Å². The van der Waals surface area contributed by atoms with Gasteiger partial charge in [-0.25, -0.2) is 0 Å². The zero-order chi connectivity index (χ0) is 9.26. The van der Waals surface area contributed by atoms with E-state index in [4.69, 9.17) is 4.74 Å². The lowest BCUT2D eigenvalue weighted by Crippen LogP contribution is -2.13. The van der Waals surface area contributed by atoms with E-state index in [9.17, 15) is 0 Å². The molecule has 0 amide bonds. The van der Waals surface area contributed by atoms with Crippen molar-refractivity contribution in [3.05, 3.63) is 23.3 Å². The van der Waals surface area contributed by atoms with Gasteiger partial charge in [-0.3, -0.25) is 0 Å². The monoisotopic (exact) mass is 174 g/mol. The van der Waals surface area contributed by atoms with Crippen molar-refractivity contribution in [1.82, 2.24) is 0 Å². The molecule has 0 radical (unpaired) electrons. The van der Waals surface area contributed by atoms with Crippen molar-refractivity contribution in [1.29, 1.82) is 0 Å². The maximum Gasteiger partial charge on any atom is 0.144 e. The smallest absolute Gasteiger partial charge is 0.144 e. The summed E-state index contributed by atoms with van der Waals surface area (Å²) in [7, 11) is 3.87. The standard InChI is InChI=1S/C11H15BO/c1-13-11-7-9-5-3-2-4-8(9)6-10(11)12/h6-7H,2-5,12H2,1H3. The summed E-state index contributed by atoms with van der Waals surface area (Å²) in [5.41, 5.74) is 4.29. The normalized spacial score (nSPS) is 15.2. The Morgan fingerprint density at radius 2 is 1.77 bits per heavy atom. The van der Waals surface area contributed by atoms with E-state index in [2.05, 4.69) is 20.0 Å².